The van der Waals surface area contributed by atoms with Crippen molar-refractivity contribution in [2.24, 2.45) is 0 Å². The average Bonchev–Trinajstić information content (AvgIpc) is 3.16. The molecule has 4 aliphatic rings. The number of carboxylic acids is 1. The molecule has 2 aliphatic carbocycles. The van der Waals surface area contributed by atoms with Crippen molar-refractivity contribution in [3.8, 4) is 11.5 Å². The van der Waals surface area contributed by atoms with Crippen LogP contribution in [-0.2, 0) is 35.7 Å². The van der Waals surface area contributed by atoms with Crippen molar-refractivity contribution in [2.75, 3.05) is 27.3 Å². The van der Waals surface area contributed by atoms with Crippen LogP contribution < -0.4 is 9.47 Å². The van der Waals surface area contributed by atoms with E-state index in [9.17, 15) is 19.5 Å². The molecule has 34 heavy (non-hydrogen) atoms. The van der Waals surface area contributed by atoms with E-state index in [1.165, 1.54) is 0 Å². The smallest absolute Gasteiger partial charge is 0.341 e. The molecular weight excluding hydrogens is 446 g/mol. The number of carboxylic acid groups (broad SMARTS) is 1. The molecule has 5 rings (SSSR count). The normalized spacial score (nSPS) is 30.5. The van der Waals surface area contributed by atoms with Crippen LogP contribution in [0.4, 0.5) is 0 Å². The summed E-state index contributed by atoms with van der Waals surface area (Å²) >= 11 is 0. The van der Waals surface area contributed by atoms with E-state index < -0.39 is 41.6 Å². The van der Waals surface area contributed by atoms with Gasteiger partial charge in [-0.3, -0.25) is 9.59 Å². The number of carbonyl (C=O) groups excluding carboxylic acids is 2. The molecular formula is C24H27NO9. The maximum atomic E-state index is 12.6. The second-order valence-corrected chi connectivity index (χ2v) is 9.31. The van der Waals surface area contributed by atoms with Gasteiger partial charge >= 0.3 is 17.9 Å². The van der Waals surface area contributed by atoms with Crippen molar-refractivity contribution in [1.29, 1.82) is 0 Å². The number of benzene rings is 1. The fourth-order valence-electron chi connectivity index (χ4n) is 6.19. The average molecular weight is 473 g/mol. The number of methoxy groups -OCH3 is 1. The molecule has 2 N–H and O–H groups in total. The van der Waals surface area contributed by atoms with Crippen LogP contribution in [0.25, 0.3) is 0 Å². The van der Waals surface area contributed by atoms with E-state index in [2.05, 4.69) is 9.64 Å². The quantitative estimate of drug-likeness (QED) is 0.551. The molecule has 2 heterocycles. The predicted molar refractivity (Wildman–Crippen MR) is 115 cm³/mol. The van der Waals surface area contributed by atoms with E-state index in [0.29, 0.717) is 36.5 Å². The lowest BCUT2D eigenvalue weighted by Crippen LogP contribution is -2.74. The Morgan fingerprint density at radius 3 is 2.74 bits per heavy atom. The highest BCUT2D eigenvalue weighted by molar-refractivity contribution is 5.80. The molecule has 182 valence electrons. The fraction of sp³-hybridized carbons (Fsp3) is 0.542. The van der Waals surface area contributed by atoms with E-state index in [-0.39, 0.29) is 18.9 Å². The lowest BCUT2D eigenvalue weighted by Gasteiger charge is -2.61. The molecule has 2 bridgehead atoms. The first-order valence-electron chi connectivity index (χ1n) is 11.3. The molecule has 0 saturated carbocycles. The number of likely N-dealkylation sites (tertiary alicyclic amines) is 1. The zero-order chi connectivity index (χ0) is 24.3. The summed E-state index contributed by atoms with van der Waals surface area (Å²) in [5.41, 5.74) is 0.133. The van der Waals surface area contributed by atoms with E-state index >= 15 is 0 Å². The van der Waals surface area contributed by atoms with Gasteiger partial charge in [-0.1, -0.05) is 6.07 Å². The molecule has 0 amide bonds. The molecule has 0 unspecified atom stereocenters. The van der Waals surface area contributed by atoms with E-state index in [1.807, 2.05) is 19.2 Å². The van der Waals surface area contributed by atoms with Gasteiger partial charge in [-0.2, -0.15) is 0 Å². The van der Waals surface area contributed by atoms with E-state index in [0.717, 1.165) is 17.7 Å². The van der Waals surface area contributed by atoms with Gasteiger partial charge in [0.25, 0.3) is 0 Å². The van der Waals surface area contributed by atoms with Crippen LogP contribution in [0.5, 0.6) is 11.5 Å². The summed E-state index contributed by atoms with van der Waals surface area (Å²) < 4.78 is 22.2. The number of aliphatic hydroxyl groups is 1. The summed E-state index contributed by atoms with van der Waals surface area (Å²) in [6.45, 7) is -0.00629. The zero-order valence-electron chi connectivity index (χ0n) is 19.0. The van der Waals surface area contributed by atoms with Gasteiger partial charge < -0.3 is 34.1 Å². The number of esters is 2. The lowest BCUT2D eigenvalue weighted by molar-refractivity contribution is -0.169. The third-order valence-corrected chi connectivity index (χ3v) is 7.68. The highest BCUT2D eigenvalue weighted by Crippen LogP contribution is 2.65. The van der Waals surface area contributed by atoms with Crippen molar-refractivity contribution in [3.63, 3.8) is 0 Å². The molecule has 0 radical (unpaired) electrons. The Balaban J connectivity index is 1.43. The molecule has 10 heteroatoms. The number of rotatable bonds is 7. The van der Waals surface area contributed by atoms with Crippen molar-refractivity contribution >= 4 is 17.9 Å². The van der Waals surface area contributed by atoms with Gasteiger partial charge in [0, 0.05) is 18.0 Å². The van der Waals surface area contributed by atoms with Crippen LogP contribution in [0.1, 0.15) is 36.8 Å². The molecule has 1 aromatic rings. The largest absolute Gasteiger partial charge is 0.493 e. The predicted octanol–water partition coefficient (Wildman–Crippen LogP) is 0.924. The molecule has 10 nitrogen and oxygen atoms in total. The second-order valence-electron chi connectivity index (χ2n) is 9.31. The van der Waals surface area contributed by atoms with Gasteiger partial charge in [-0.15, -0.1) is 0 Å². The summed E-state index contributed by atoms with van der Waals surface area (Å²) in [5, 5.41) is 20.7. The first-order chi connectivity index (χ1) is 16.2. The van der Waals surface area contributed by atoms with E-state index in [1.54, 1.807) is 13.2 Å². The summed E-state index contributed by atoms with van der Waals surface area (Å²) in [6, 6.07) is 3.76. The number of hydrogen-bond donors (Lipinski definition) is 2. The number of carbonyl (C=O) groups is 3. The van der Waals surface area contributed by atoms with Crippen LogP contribution in [-0.4, -0.2) is 78.1 Å². The van der Waals surface area contributed by atoms with Gasteiger partial charge in [0.1, 0.15) is 5.76 Å². The van der Waals surface area contributed by atoms with Crippen molar-refractivity contribution < 1.29 is 43.5 Å². The molecule has 1 aromatic carbocycles. The highest BCUT2D eigenvalue weighted by Gasteiger charge is 2.72. The number of ether oxygens (including phenoxy) is 4. The minimum absolute atomic E-state index is 0.114. The Hall–Kier alpha value is -3.11. The summed E-state index contributed by atoms with van der Waals surface area (Å²) in [6.07, 6.45) is 2.01. The first-order valence-corrected chi connectivity index (χ1v) is 11.3. The van der Waals surface area contributed by atoms with Crippen LogP contribution >= 0.6 is 0 Å². The SMILES string of the molecule is COc1ccc2c3c1O[C@H]1C(OC(=O)CCC(=O)OCC(=O)O)=CC[C@@]4(O)[C@@H](C2)N(C)CC[C@]314. The van der Waals surface area contributed by atoms with Crippen molar-refractivity contribution in [3.05, 3.63) is 35.1 Å². The zero-order valence-corrected chi connectivity index (χ0v) is 19.0. The van der Waals surface area contributed by atoms with Gasteiger partial charge in [0.05, 0.1) is 31.0 Å². The Morgan fingerprint density at radius 1 is 1.24 bits per heavy atom. The maximum absolute atomic E-state index is 12.6. The van der Waals surface area contributed by atoms with Crippen LogP contribution in [0.2, 0.25) is 0 Å². The van der Waals surface area contributed by atoms with Crippen molar-refractivity contribution in [1.82, 2.24) is 4.90 Å². The minimum Gasteiger partial charge on any atom is -0.493 e. The molecule has 2 aliphatic heterocycles. The molecule has 1 spiro atoms. The minimum atomic E-state index is -1.27. The Labute approximate surface area is 196 Å². The summed E-state index contributed by atoms with van der Waals surface area (Å²) in [5.74, 6) is -1.28. The molecule has 1 saturated heterocycles. The highest BCUT2D eigenvalue weighted by atomic mass is 16.6. The topological polar surface area (TPSA) is 132 Å². The van der Waals surface area contributed by atoms with Crippen molar-refractivity contribution in [2.45, 2.75) is 55.3 Å². The van der Waals surface area contributed by atoms with Crippen LogP contribution in [0.3, 0.4) is 0 Å². The fourth-order valence-corrected chi connectivity index (χ4v) is 6.19. The van der Waals surface area contributed by atoms with Crippen LogP contribution in [0, 0.1) is 0 Å². The van der Waals surface area contributed by atoms with E-state index in [4.69, 9.17) is 19.3 Å². The van der Waals surface area contributed by atoms with Crippen LogP contribution in [0.15, 0.2) is 24.0 Å². The second kappa shape index (κ2) is 7.99. The Kier molecular flexibility index (Phi) is 5.33. The third-order valence-electron chi connectivity index (χ3n) is 7.68. The molecule has 4 atom stereocenters. The third kappa shape index (κ3) is 3.12. The van der Waals surface area contributed by atoms with Gasteiger partial charge in [-0.05, 0) is 44.1 Å². The molecule has 1 fully saturated rings. The lowest BCUT2D eigenvalue weighted by atomic mass is 9.50. The molecule has 0 aromatic heterocycles. The Bertz CT molecular complexity index is 1100. The maximum Gasteiger partial charge on any atom is 0.341 e. The number of aliphatic carboxylic acids is 1. The number of hydrogen-bond acceptors (Lipinski definition) is 9. The Morgan fingerprint density at radius 2 is 2.00 bits per heavy atom. The van der Waals surface area contributed by atoms with Gasteiger partial charge in [0.2, 0.25) is 0 Å². The monoisotopic (exact) mass is 473 g/mol. The number of piperidine rings is 1. The number of likely N-dealkylation sites (N-methyl/N-ethyl adjacent to an activating group) is 1. The summed E-state index contributed by atoms with van der Waals surface area (Å²) in [4.78, 5) is 36.9. The van der Waals surface area contributed by atoms with Gasteiger partial charge in [0.15, 0.2) is 24.2 Å². The van der Waals surface area contributed by atoms with Gasteiger partial charge in [-0.25, -0.2) is 4.79 Å². The number of nitrogens with zero attached hydrogens (tertiary/aromatic N) is 1. The standard InChI is InChI=1S/C24H27NO9/c1-25-10-9-23-20-13-3-4-14(31-2)21(20)34-22(23)15(7-8-24(23,30)16(25)11-13)33-19(29)6-5-18(28)32-12-17(26)27/h3-4,7,16,22,30H,5-6,8-12H2,1-2H3,(H,26,27)/t16-,22+,23+,24-/m1/s1. The first kappa shape index (κ1) is 22.7. The summed E-state index contributed by atoms with van der Waals surface area (Å²) in [7, 11) is 3.58.